The molecule has 0 spiro atoms. The fraction of sp³-hybridized carbons (Fsp3) is 0.450. The first-order valence-electron chi connectivity index (χ1n) is 10.0. The van der Waals surface area contributed by atoms with E-state index in [1.165, 1.54) is 22.8 Å². The van der Waals surface area contributed by atoms with Crippen LogP contribution in [0.2, 0.25) is 0 Å². The number of anilines is 2. The number of carbonyl (C=O) groups is 1. The number of aromatic nitrogens is 2. The van der Waals surface area contributed by atoms with Crippen molar-refractivity contribution in [2.75, 3.05) is 49.6 Å². The van der Waals surface area contributed by atoms with Crippen molar-refractivity contribution < 1.29 is 17.9 Å². The van der Waals surface area contributed by atoms with Crippen LogP contribution in [0.4, 0.5) is 11.5 Å². The van der Waals surface area contributed by atoms with Crippen molar-refractivity contribution in [3.05, 3.63) is 42.9 Å². The van der Waals surface area contributed by atoms with Gasteiger partial charge < -0.3 is 15.0 Å². The molecule has 1 N–H and O–H groups in total. The van der Waals surface area contributed by atoms with E-state index in [1.54, 1.807) is 12.3 Å². The van der Waals surface area contributed by atoms with Crippen molar-refractivity contribution in [2.45, 2.75) is 17.7 Å². The minimum atomic E-state index is -3.57. The van der Waals surface area contributed by atoms with E-state index in [0.717, 1.165) is 18.9 Å². The first-order chi connectivity index (χ1) is 14.5. The van der Waals surface area contributed by atoms with Crippen LogP contribution in [0.1, 0.15) is 12.8 Å². The lowest BCUT2D eigenvalue weighted by Gasteiger charge is -2.30. The molecule has 0 bridgehead atoms. The molecule has 0 unspecified atom stereocenters. The van der Waals surface area contributed by atoms with E-state index >= 15 is 0 Å². The Morgan fingerprint density at radius 3 is 2.47 bits per heavy atom. The second kappa shape index (κ2) is 9.07. The number of hydrogen-bond acceptors (Lipinski definition) is 7. The van der Waals surface area contributed by atoms with E-state index in [4.69, 9.17) is 4.74 Å². The van der Waals surface area contributed by atoms with Crippen molar-refractivity contribution in [1.29, 1.82) is 0 Å². The van der Waals surface area contributed by atoms with Gasteiger partial charge in [-0.25, -0.2) is 13.4 Å². The molecule has 30 heavy (non-hydrogen) atoms. The predicted octanol–water partition coefficient (Wildman–Crippen LogP) is 1.35. The standard InChI is InChI=1S/C20H25N5O4S/c26-20(23-17-3-4-19(22-14-17)24-10-12-29-13-11-24)16-5-8-25(9-6-16)30(27,28)18-2-1-7-21-15-18/h1-4,7,14-16H,5-6,8-13H2,(H,23,26). The van der Waals surface area contributed by atoms with Gasteiger partial charge in [0, 0.05) is 44.5 Å². The average Bonchev–Trinajstić information content (AvgIpc) is 2.81. The molecule has 0 aromatic carbocycles. The van der Waals surface area contributed by atoms with Crippen LogP contribution >= 0.6 is 0 Å². The Hall–Kier alpha value is -2.56. The zero-order valence-electron chi connectivity index (χ0n) is 16.6. The molecule has 4 rings (SSSR count). The molecule has 10 heteroatoms. The minimum absolute atomic E-state index is 0.102. The fourth-order valence-corrected chi connectivity index (χ4v) is 5.13. The van der Waals surface area contributed by atoms with Crippen molar-refractivity contribution in [3.8, 4) is 0 Å². The summed E-state index contributed by atoms with van der Waals surface area (Å²) < 4.78 is 32.1. The molecule has 4 heterocycles. The second-order valence-corrected chi connectivity index (χ2v) is 9.30. The summed E-state index contributed by atoms with van der Waals surface area (Å²) in [5, 5.41) is 2.90. The zero-order chi connectivity index (χ0) is 21.0. The molecule has 2 aromatic rings. The highest BCUT2D eigenvalue weighted by Gasteiger charge is 2.32. The first kappa shape index (κ1) is 20.7. The number of pyridine rings is 2. The summed E-state index contributed by atoms with van der Waals surface area (Å²) in [5.74, 6) is 0.531. The van der Waals surface area contributed by atoms with Crippen molar-refractivity contribution in [3.63, 3.8) is 0 Å². The van der Waals surface area contributed by atoms with Gasteiger partial charge in [0.25, 0.3) is 0 Å². The monoisotopic (exact) mass is 431 g/mol. The Labute approximate surface area is 176 Å². The number of piperidine rings is 1. The molecule has 0 saturated carbocycles. The topological polar surface area (TPSA) is 105 Å². The Kier molecular flexibility index (Phi) is 6.26. The minimum Gasteiger partial charge on any atom is -0.378 e. The molecule has 1 amide bonds. The van der Waals surface area contributed by atoms with Crippen LogP contribution in [0.25, 0.3) is 0 Å². The molecule has 0 radical (unpaired) electrons. The number of amides is 1. The van der Waals surface area contributed by atoms with Gasteiger partial charge in [0.15, 0.2) is 0 Å². The molecule has 160 valence electrons. The van der Waals surface area contributed by atoms with Crippen LogP contribution in [0.3, 0.4) is 0 Å². The fourth-order valence-electron chi connectivity index (χ4n) is 3.69. The summed E-state index contributed by atoms with van der Waals surface area (Å²) in [6, 6.07) is 6.88. The largest absolute Gasteiger partial charge is 0.378 e. The maximum atomic E-state index is 12.7. The lowest BCUT2D eigenvalue weighted by Crippen LogP contribution is -2.41. The van der Waals surface area contributed by atoms with Crippen molar-refractivity contribution >= 4 is 27.4 Å². The lowest BCUT2D eigenvalue weighted by molar-refractivity contribution is -0.120. The van der Waals surface area contributed by atoms with Crippen molar-refractivity contribution in [2.24, 2.45) is 5.92 Å². The van der Waals surface area contributed by atoms with Crippen LogP contribution in [0, 0.1) is 5.92 Å². The number of morpholine rings is 1. The Balaban J connectivity index is 1.31. The SMILES string of the molecule is O=C(Nc1ccc(N2CCOCC2)nc1)C1CCN(S(=O)(=O)c2cccnc2)CC1. The third-order valence-electron chi connectivity index (χ3n) is 5.45. The van der Waals surface area contributed by atoms with E-state index in [2.05, 4.69) is 20.2 Å². The smallest absolute Gasteiger partial charge is 0.244 e. The maximum absolute atomic E-state index is 12.7. The molecule has 2 aliphatic heterocycles. The third kappa shape index (κ3) is 4.61. The normalized spacial score (nSPS) is 18.9. The molecule has 0 aliphatic carbocycles. The Morgan fingerprint density at radius 2 is 1.83 bits per heavy atom. The van der Waals surface area contributed by atoms with E-state index in [1.807, 2.05) is 12.1 Å². The van der Waals surface area contributed by atoms with Crippen LogP contribution in [-0.4, -0.2) is 68.0 Å². The van der Waals surface area contributed by atoms with Gasteiger partial charge in [0.2, 0.25) is 15.9 Å². The summed E-state index contributed by atoms with van der Waals surface area (Å²) in [5.41, 5.74) is 0.641. The number of nitrogens with zero attached hydrogens (tertiary/aromatic N) is 4. The highest BCUT2D eigenvalue weighted by atomic mass is 32.2. The van der Waals surface area contributed by atoms with Gasteiger partial charge in [-0.2, -0.15) is 4.31 Å². The number of rotatable bonds is 5. The lowest BCUT2D eigenvalue weighted by atomic mass is 9.97. The molecule has 2 fully saturated rings. The predicted molar refractivity (Wildman–Crippen MR) is 112 cm³/mol. The Morgan fingerprint density at radius 1 is 1.07 bits per heavy atom. The van der Waals surface area contributed by atoms with Gasteiger partial charge in [-0.05, 0) is 37.1 Å². The van der Waals surface area contributed by atoms with Gasteiger partial charge in [-0.3, -0.25) is 9.78 Å². The van der Waals surface area contributed by atoms with Crippen LogP contribution in [0.15, 0.2) is 47.8 Å². The highest BCUT2D eigenvalue weighted by Crippen LogP contribution is 2.25. The third-order valence-corrected chi connectivity index (χ3v) is 7.33. The number of carbonyl (C=O) groups excluding carboxylic acids is 1. The summed E-state index contributed by atoms with van der Waals surface area (Å²) in [7, 11) is -3.57. The number of hydrogen-bond donors (Lipinski definition) is 1. The van der Waals surface area contributed by atoms with Gasteiger partial charge in [0.1, 0.15) is 10.7 Å². The van der Waals surface area contributed by atoms with E-state index in [-0.39, 0.29) is 16.7 Å². The first-order valence-corrected chi connectivity index (χ1v) is 11.5. The van der Waals surface area contributed by atoms with E-state index < -0.39 is 10.0 Å². The average molecular weight is 432 g/mol. The van der Waals surface area contributed by atoms with Crippen LogP contribution in [0.5, 0.6) is 0 Å². The molecule has 2 saturated heterocycles. The van der Waals surface area contributed by atoms with Crippen molar-refractivity contribution in [1.82, 2.24) is 14.3 Å². The number of sulfonamides is 1. The number of ether oxygens (including phenoxy) is 1. The van der Waals surface area contributed by atoms with Crippen LogP contribution < -0.4 is 10.2 Å². The highest BCUT2D eigenvalue weighted by molar-refractivity contribution is 7.89. The molecule has 9 nitrogen and oxygen atoms in total. The molecular formula is C20H25N5O4S. The summed E-state index contributed by atoms with van der Waals surface area (Å²) >= 11 is 0. The second-order valence-electron chi connectivity index (χ2n) is 7.36. The Bertz CT molecular complexity index is 954. The van der Waals surface area contributed by atoms with Crippen LogP contribution in [-0.2, 0) is 19.6 Å². The van der Waals surface area contributed by atoms with Gasteiger partial charge in [-0.1, -0.05) is 0 Å². The summed E-state index contributed by atoms with van der Waals surface area (Å²) in [4.78, 5) is 23.3. The molecular weight excluding hydrogens is 406 g/mol. The molecule has 2 aliphatic rings. The van der Waals surface area contributed by atoms with Gasteiger partial charge in [0.05, 0.1) is 25.1 Å². The molecule has 0 atom stereocenters. The van der Waals surface area contributed by atoms with E-state index in [0.29, 0.717) is 44.8 Å². The van der Waals surface area contributed by atoms with Gasteiger partial charge >= 0.3 is 0 Å². The summed E-state index contributed by atoms with van der Waals surface area (Å²) in [6.45, 7) is 3.61. The molecule has 2 aromatic heterocycles. The summed E-state index contributed by atoms with van der Waals surface area (Å²) in [6.07, 6.45) is 5.50. The maximum Gasteiger partial charge on any atom is 0.244 e. The van der Waals surface area contributed by atoms with Gasteiger partial charge in [-0.15, -0.1) is 0 Å². The zero-order valence-corrected chi connectivity index (χ0v) is 17.4. The van der Waals surface area contributed by atoms with E-state index in [9.17, 15) is 13.2 Å². The quantitative estimate of drug-likeness (QED) is 0.762. The number of nitrogens with one attached hydrogen (secondary N) is 1.